The van der Waals surface area contributed by atoms with Gasteiger partial charge in [-0.3, -0.25) is 9.69 Å². The normalized spacial score (nSPS) is 31.2. The third-order valence-corrected chi connectivity index (χ3v) is 5.49. The van der Waals surface area contributed by atoms with Gasteiger partial charge < -0.3 is 9.84 Å². The molecule has 0 amide bonds. The number of aliphatic carboxylic acids is 1. The van der Waals surface area contributed by atoms with E-state index in [2.05, 4.69) is 29.2 Å². The minimum atomic E-state index is -0.608. The van der Waals surface area contributed by atoms with Crippen molar-refractivity contribution in [3.8, 4) is 5.75 Å². The van der Waals surface area contributed by atoms with E-state index in [0.717, 1.165) is 25.4 Å². The molecule has 1 heterocycles. The van der Waals surface area contributed by atoms with Crippen molar-refractivity contribution in [1.82, 2.24) is 4.90 Å². The molecule has 2 aliphatic carbocycles. The molecule has 0 aromatic heterocycles. The Morgan fingerprint density at radius 2 is 1.77 bits per heavy atom. The molecule has 118 valence electrons. The number of rotatable bonds is 5. The first kappa shape index (κ1) is 14.1. The smallest absolute Gasteiger partial charge is 0.307 e. The molecule has 3 fully saturated rings. The Labute approximate surface area is 131 Å². The fraction of sp³-hybridized carbons (Fsp3) is 0.611. The van der Waals surface area contributed by atoms with E-state index >= 15 is 0 Å². The lowest BCUT2D eigenvalue weighted by Crippen LogP contribution is -2.25. The minimum Gasteiger partial charge on any atom is -0.490 e. The van der Waals surface area contributed by atoms with Gasteiger partial charge in [0.15, 0.2) is 0 Å². The number of carboxylic acids is 1. The lowest BCUT2D eigenvalue weighted by Gasteiger charge is -2.19. The summed E-state index contributed by atoms with van der Waals surface area (Å²) in [5.41, 5.74) is 1.28. The zero-order valence-electron chi connectivity index (χ0n) is 12.8. The van der Waals surface area contributed by atoms with Gasteiger partial charge in [0.1, 0.15) is 5.75 Å². The Morgan fingerprint density at radius 3 is 2.36 bits per heavy atom. The fourth-order valence-electron chi connectivity index (χ4n) is 4.24. The van der Waals surface area contributed by atoms with Crippen LogP contribution in [0.5, 0.6) is 5.75 Å². The monoisotopic (exact) mass is 301 g/mol. The van der Waals surface area contributed by atoms with Crippen LogP contribution in [-0.2, 0) is 11.3 Å². The summed E-state index contributed by atoms with van der Waals surface area (Å²) in [4.78, 5) is 13.4. The Kier molecular flexibility index (Phi) is 3.57. The van der Waals surface area contributed by atoms with Crippen molar-refractivity contribution in [2.45, 2.75) is 38.3 Å². The number of carboxylic acid groups (broad SMARTS) is 1. The van der Waals surface area contributed by atoms with E-state index in [1.54, 1.807) is 0 Å². The van der Waals surface area contributed by atoms with Crippen LogP contribution < -0.4 is 4.74 Å². The van der Waals surface area contributed by atoms with E-state index < -0.39 is 5.97 Å². The van der Waals surface area contributed by atoms with E-state index in [4.69, 9.17) is 9.84 Å². The molecule has 1 unspecified atom stereocenters. The molecule has 3 aliphatic rings. The Morgan fingerprint density at radius 1 is 1.14 bits per heavy atom. The summed E-state index contributed by atoms with van der Waals surface area (Å²) in [7, 11) is 0. The summed E-state index contributed by atoms with van der Waals surface area (Å²) in [6, 6.07) is 8.43. The number of ether oxygens (including phenoxy) is 1. The molecule has 4 nitrogen and oxygen atoms in total. The van der Waals surface area contributed by atoms with Crippen molar-refractivity contribution in [2.24, 2.45) is 17.8 Å². The van der Waals surface area contributed by atoms with Crippen LogP contribution in [0.15, 0.2) is 24.3 Å². The molecule has 0 radical (unpaired) electrons. The SMILES string of the molecule is O=C(O)C1[C@H]2CN(Cc3ccc(OC4CCCC4)cc3)C[C@@H]12. The molecular weight excluding hydrogens is 278 g/mol. The number of hydrogen-bond donors (Lipinski definition) is 1. The lowest BCUT2D eigenvalue weighted by molar-refractivity contribution is -0.139. The highest BCUT2D eigenvalue weighted by atomic mass is 16.5. The summed E-state index contributed by atoms with van der Waals surface area (Å²) in [5, 5.41) is 9.05. The lowest BCUT2D eigenvalue weighted by atomic mass is 10.2. The van der Waals surface area contributed by atoms with Crippen molar-refractivity contribution >= 4 is 5.97 Å². The first-order valence-corrected chi connectivity index (χ1v) is 8.41. The highest BCUT2D eigenvalue weighted by Gasteiger charge is 2.59. The molecule has 1 aromatic carbocycles. The van der Waals surface area contributed by atoms with Crippen molar-refractivity contribution in [3.63, 3.8) is 0 Å². The number of hydrogen-bond acceptors (Lipinski definition) is 3. The predicted molar refractivity (Wildman–Crippen MR) is 82.7 cm³/mol. The van der Waals surface area contributed by atoms with Gasteiger partial charge in [0.2, 0.25) is 0 Å². The number of nitrogens with zero attached hydrogens (tertiary/aromatic N) is 1. The molecule has 4 heteroatoms. The number of carbonyl (C=O) groups is 1. The zero-order chi connectivity index (χ0) is 15.1. The Hall–Kier alpha value is -1.55. The molecule has 2 saturated carbocycles. The number of piperidine rings is 1. The first-order valence-electron chi connectivity index (χ1n) is 8.41. The average Bonchev–Trinajstić information content (AvgIpc) is 2.88. The highest BCUT2D eigenvalue weighted by molar-refractivity contribution is 5.74. The van der Waals surface area contributed by atoms with Gasteiger partial charge in [0.05, 0.1) is 12.0 Å². The summed E-state index contributed by atoms with van der Waals surface area (Å²) in [6.07, 6.45) is 5.35. The quantitative estimate of drug-likeness (QED) is 0.908. The minimum absolute atomic E-state index is 0.0709. The van der Waals surface area contributed by atoms with Gasteiger partial charge in [-0.15, -0.1) is 0 Å². The summed E-state index contributed by atoms with van der Waals surface area (Å²) in [6.45, 7) is 2.78. The number of benzene rings is 1. The van der Waals surface area contributed by atoms with E-state index in [9.17, 15) is 4.79 Å². The molecule has 4 rings (SSSR count). The van der Waals surface area contributed by atoms with Gasteiger partial charge in [-0.1, -0.05) is 12.1 Å². The molecule has 1 aromatic rings. The molecule has 1 aliphatic heterocycles. The van der Waals surface area contributed by atoms with Crippen LogP contribution in [0.3, 0.4) is 0 Å². The fourth-order valence-corrected chi connectivity index (χ4v) is 4.24. The van der Waals surface area contributed by atoms with Crippen LogP contribution in [0.2, 0.25) is 0 Å². The molecule has 22 heavy (non-hydrogen) atoms. The van der Waals surface area contributed by atoms with Crippen LogP contribution in [0.25, 0.3) is 0 Å². The second-order valence-electron chi connectivity index (χ2n) is 7.05. The standard InChI is InChI=1S/C18H23NO3/c20-18(21)17-15-10-19(11-16(15)17)9-12-5-7-14(8-6-12)22-13-3-1-2-4-13/h5-8,13,15-17H,1-4,9-11H2,(H,20,21)/t15-,16+,17?. The van der Waals surface area contributed by atoms with Crippen LogP contribution in [-0.4, -0.2) is 35.2 Å². The van der Waals surface area contributed by atoms with Crippen molar-refractivity contribution in [1.29, 1.82) is 0 Å². The van der Waals surface area contributed by atoms with Gasteiger partial charge in [0.25, 0.3) is 0 Å². The van der Waals surface area contributed by atoms with Crippen molar-refractivity contribution in [2.75, 3.05) is 13.1 Å². The van der Waals surface area contributed by atoms with Gasteiger partial charge >= 0.3 is 5.97 Å². The maximum Gasteiger partial charge on any atom is 0.307 e. The maximum atomic E-state index is 11.0. The van der Waals surface area contributed by atoms with Gasteiger partial charge in [-0.2, -0.15) is 0 Å². The van der Waals surface area contributed by atoms with E-state index in [0.29, 0.717) is 17.9 Å². The van der Waals surface area contributed by atoms with Gasteiger partial charge in [-0.25, -0.2) is 0 Å². The second kappa shape index (κ2) is 5.58. The van der Waals surface area contributed by atoms with E-state index in [1.165, 1.54) is 31.2 Å². The Balaban J connectivity index is 1.28. The molecule has 3 atom stereocenters. The average molecular weight is 301 g/mol. The first-order chi connectivity index (χ1) is 10.7. The number of likely N-dealkylation sites (tertiary alicyclic amines) is 1. The van der Waals surface area contributed by atoms with Crippen LogP contribution in [0, 0.1) is 17.8 Å². The van der Waals surface area contributed by atoms with Gasteiger partial charge in [-0.05, 0) is 55.2 Å². The predicted octanol–water partition coefficient (Wildman–Crippen LogP) is 2.77. The van der Waals surface area contributed by atoms with Crippen LogP contribution >= 0.6 is 0 Å². The van der Waals surface area contributed by atoms with Crippen LogP contribution in [0.4, 0.5) is 0 Å². The maximum absolute atomic E-state index is 11.0. The number of fused-ring (bicyclic) bond motifs is 1. The topological polar surface area (TPSA) is 49.8 Å². The second-order valence-corrected chi connectivity index (χ2v) is 7.05. The highest BCUT2D eigenvalue weighted by Crippen LogP contribution is 2.51. The third-order valence-electron chi connectivity index (χ3n) is 5.49. The molecular formula is C18H23NO3. The summed E-state index contributed by atoms with van der Waals surface area (Å²) >= 11 is 0. The van der Waals surface area contributed by atoms with E-state index in [-0.39, 0.29) is 5.92 Å². The van der Waals surface area contributed by atoms with E-state index in [1.807, 2.05) is 0 Å². The summed E-state index contributed by atoms with van der Waals surface area (Å²) in [5.74, 6) is 1.08. The molecule has 0 bridgehead atoms. The zero-order valence-corrected chi connectivity index (χ0v) is 12.8. The van der Waals surface area contributed by atoms with Crippen molar-refractivity contribution in [3.05, 3.63) is 29.8 Å². The van der Waals surface area contributed by atoms with Crippen LogP contribution in [0.1, 0.15) is 31.2 Å². The Bertz CT molecular complexity index is 538. The summed E-state index contributed by atoms with van der Waals surface area (Å²) < 4.78 is 5.99. The van der Waals surface area contributed by atoms with Gasteiger partial charge in [0, 0.05) is 19.6 Å². The van der Waals surface area contributed by atoms with Crippen molar-refractivity contribution < 1.29 is 14.6 Å². The third kappa shape index (κ3) is 2.72. The largest absolute Gasteiger partial charge is 0.490 e. The molecule has 1 saturated heterocycles. The molecule has 1 N–H and O–H groups in total. The molecule has 0 spiro atoms.